The van der Waals surface area contributed by atoms with Crippen molar-refractivity contribution in [2.45, 2.75) is 6.18 Å². The number of carbonyl (C=O) groups is 2. The topological polar surface area (TPSA) is 81.4 Å². The number of halogens is 4. The van der Waals surface area contributed by atoms with Crippen LogP contribution in [0, 0.1) is 0 Å². The van der Waals surface area contributed by atoms with Gasteiger partial charge in [-0.05, 0) is 18.2 Å². The molecule has 0 fully saturated rings. The zero-order valence-corrected chi connectivity index (χ0v) is 10.8. The quantitative estimate of drug-likeness (QED) is 0.817. The van der Waals surface area contributed by atoms with Crippen molar-refractivity contribution < 1.29 is 27.6 Å². The van der Waals surface area contributed by atoms with Crippen LogP contribution in [0.2, 0.25) is 0 Å². The number of primary amides is 1. The minimum absolute atomic E-state index is 0.186. The lowest BCUT2D eigenvalue weighted by atomic mass is 10.1. The summed E-state index contributed by atoms with van der Waals surface area (Å²) in [5.41, 5.74) is 5.30. The first-order chi connectivity index (χ1) is 8.71. The molecule has 0 heterocycles. The summed E-state index contributed by atoms with van der Waals surface area (Å²) in [6.45, 7) is -0.575. The van der Waals surface area contributed by atoms with Gasteiger partial charge in [0.05, 0.1) is 5.56 Å². The van der Waals surface area contributed by atoms with Crippen LogP contribution in [0.1, 0.15) is 15.9 Å². The largest absolute Gasteiger partial charge is 0.417 e. The van der Waals surface area contributed by atoms with E-state index in [1.165, 1.54) is 6.07 Å². The number of amides is 2. The fourth-order valence-corrected chi connectivity index (χ4v) is 1.59. The Labute approximate surface area is 114 Å². The predicted molar refractivity (Wildman–Crippen MR) is 61.8 cm³/mol. The maximum Gasteiger partial charge on any atom is 0.417 e. The van der Waals surface area contributed by atoms with Crippen LogP contribution in [-0.2, 0) is 15.8 Å². The molecule has 1 aromatic carbocycles. The molecular weight excluding hydrogens is 333 g/mol. The Morgan fingerprint density at radius 2 is 2.00 bits per heavy atom. The zero-order valence-electron chi connectivity index (χ0n) is 9.25. The number of alkyl halides is 3. The van der Waals surface area contributed by atoms with Crippen LogP contribution in [-0.4, -0.2) is 18.4 Å². The van der Waals surface area contributed by atoms with Crippen LogP contribution in [0.25, 0.3) is 0 Å². The van der Waals surface area contributed by atoms with E-state index in [1.54, 1.807) is 5.48 Å². The minimum Gasteiger partial charge on any atom is -0.368 e. The number of hydrogen-bond acceptors (Lipinski definition) is 3. The molecule has 3 N–H and O–H groups in total. The number of hydrogen-bond donors (Lipinski definition) is 2. The van der Waals surface area contributed by atoms with Crippen LogP contribution in [0.15, 0.2) is 22.7 Å². The Morgan fingerprint density at radius 1 is 1.37 bits per heavy atom. The fourth-order valence-electron chi connectivity index (χ4n) is 1.12. The van der Waals surface area contributed by atoms with E-state index >= 15 is 0 Å². The number of benzene rings is 1. The molecule has 0 saturated carbocycles. The third-order valence-electron chi connectivity index (χ3n) is 1.91. The van der Waals surface area contributed by atoms with E-state index in [2.05, 4.69) is 20.8 Å². The van der Waals surface area contributed by atoms with Gasteiger partial charge >= 0.3 is 6.18 Å². The lowest BCUT2D eigenvalue weighted by Gasteiger charge is -2.11. The van der Waals surface area contributed by atoms with Crippen LogP contribution in [0.5, 0.6) is 0 Å². The number of nitrogens with two attached hydrogens (primary N) is 1. The summed E-state index contributed by atoms with van der Waals surface area (Å²) < 4.78 is 37.6. The van der Waals surface area contributed by atoms with Gasteiger partial charge in [0.15, 0.2) is 6.61 Å². The molecule has 0 aliphatic carbocycles. The van der Waals surface area contributed by atoms with Gasteiger partial charge in [-0.15, -0.1) is 0 Å². The second-order valence-electron chi connectivity index (χ2n) is 3.38. The summed E-state index contributed by atoms with van der Waals surface area (Å²) in [5, 5.41) is 0. The second kappa shape index (κ2) is 6.02. The smallest absolute Gasteiger partial charge is 0.368 e. The first-order valence-electron chi connectivity index (χ1n) is 4.79. The van der Waals surface area contributed by atoms with Crippen LogP contribution < -0.4 is 11.2 Å². The molecule has 9 heteroatoms. The van der Waals surface area contributed by atoms with Gasteiger partial charge in [-0.25, -0.2) is 5.48 Å². The zero-order chi connectivity index (χ0) is 14.6. The van der Waals surface area contributed by atoms with Gasteiger partial charge in [0.1, 0.15) is 0 Å². The average Bonchev–Trinajstić information content (AvgIpc) is 2.27. The SMILES string of the molecule is NC(=O)CONC(=O)c1ccc(Br)c(C(F)(F)F)c1. The lowest BCUT2D eigenvalue weighted by Crippen LogP contribution is -2.29. The van der Waals surface area contributed by atoms with Gasteiger partial charge < -0.3 is 5.73 Å². The highest BCUT2D eigenvalue weighted by Gasteiger charge is 2.33. The van der Waals surface area contributed by atoms with Crippen LogP contribution in [0.3, 0.4) is 0 Å². The Bertz CT molecular complexity index is 505. The van der Waals surface area contributed by atoms with E-state index in [4.69, 9.17) is 5.73 Å². The van der Waals surface area contributed by atoms with Crippen molar-refractivity contribution in [2.24, 2.45) is 5.73 Å². The Morgan fingerprint density at radius 3 is 2.53 bits per heavy atom. The van der Waals surface area contributed by atoms with E-state index in [0.717, 1.165) is 6.07 Å². The first-order valence-corrected chi connectivity index (χ1v) is 5.58. The van der Waals surface area contributed by atoms with Crippen molar-refractivity contribution in [3.05, 3.63) is 33.8 Å². The number of rotatable bonds is 4. The molecule has 2 amide bonds. The minimum atomic E-state index is -4.59. The Balaban J connectivity index is 2.84. The Kier molecular flexibility index (Phi) is 4.90. The standard InChI is InChI=1S/C10H8BrF3N2O3/c11-7-2-1-5(3-6(7)10(12,13)14)9(18)16-19-4-8(15)17/h1-3H,4H2,(H2,15,17)(H,16,18). The molecule has 0 aliphatic heterocycles. The predicted octanol–water partition coefficient (Wildman–Crippen LogP) is 1.61. The molecule has 104 valence electrons. The van der Waals surface area contributed by atoms with E-state index in [1.807, 2.05) is 0 Å². The average molecular weight is 341 g/mol. The molecule has 0 spiro atoms. The summed E-state index contributed by atoms with van der Waals surface area (Å²) in [6.07, 6.45) is -4.59. The van der Waals surface area contributed by atoms with Gasteiger partial charge in [-0.2, -0.15) is 13.2 Å². The van der Waals surface area contributed by atoms with Crippen molar-refractivity contribution in [3.63, 3.8) is 0 Å². The molecule has 5 nitrogen and oxygen atoms in total. The van der Waals surface area contributed by atoms with Gasteiger partial charge in [0, 0.05) is 10.0 Å². The molecule has 0 radical (unpaired) electrons. The summed E-state index contributed by atoms with van der Waals surface area (Å²) in [4.78, 5) is 26.2. The van der Waals surface area contributed by atoms with Crippen molar-refractivity contribution in [2.75, 3.05) is 6.61 Å². The molecule has 1 aromatic rings. The van der Waals surface area contributed by atoms with Crippen molar-refractivity contribution >= 4 is 27.7 Å². The summed E-state index contributed by atoms with van der Waals surface area (Å²) in [6, 6.07) is 2.92. The van der Waals surface area contributed by atoms with Crippen LogP contribution in [0.4, 0.5) is 13.2 Å². The third-order valence-corrected chi connectivity index (χ3v) is 2.60. The summed E-state index contributed by atoms with van der Waals surface area (Å²) in [5.74, 6) is -1.74. The number of carbonyl (C=O) groups excluding carboxylic acids is 2. The van der Waals surface area contributed by atoms with Crippen LogP contribution >= 0.6 is 15.9 Å². The molecule has 1 rings (SSSR count). The monoisotopic (exact) mass is 340 g/mol. The fraction of sp³-hybridized carbons (Fsp3) is 0.200. The van der Waals surface area contributed by atoms with Crippen molar-refractivity contribution in [1.29, 1.82) is 0 Å². The maximum absolute atomic E-state index is 12.6. The first kappa shape index (κ1) is 15.4. The summed E-state index contributed by atoms with van der Waals surface area (Å²) >= 11 is 2.74. The van der Waals surface area contributed by atoms with E-state index in [-0.39, 0.29) is 10.0 Å². The molecule has 0 bridgehead atoms. The van der Waals surface area contributed by atoms with Gasteiger partial charge in [0.25, 0.3) is 5.91 Å². The molecule has 19 heavy (non-hydrogen) atoms. The van der Waals surface area contributed by atoms with Gasteiger partial charge in [0.2, 0.25) is 5.91 Å². The number of hydroxylamine groups is 1. The third kappa shape index (κ3) is 4.52. The highest BCUT2D eigenvalue weighted by Crippen LogP contribution is 2.35. The molecule has 0 aromatic heterocycles. The molecule has 0 atom stereocenters. The van der Waals surface area contributed by atoms with E-state index in [0.29, 0.717) is 6.07 Å². The maximum atomic E-state index is 12.6. The molecule has 0 aliphatic rings. The molecule has 0 unspecified atom stereocenters. The normalized spacial score (nSPS) is 11.2. The Hall–Kier alpha value is -1.61. The van der Waals surface area contributed by atoms with E-state index in [9.17, 15) is 22.8 Å². The summed E-state index contributed by atoms with van der Waals surface area (Å²) in [7, 11) is 0. The second-order valence-corrected chi connectivity index (χ2v) is 4.23. The van der Waals surface area contributed by atoms with Gasteiger partial charge in [-0.1, -0.05) is 15.9 Å². The van der Waals surface area contributed by atoms with Crippen molar-refractivity contribution in [1.82, 2.24) is 5.48 Å². The highest BCUT2D eigenvalue weighted by atomic mass is 79.9. The highest BCUT2D eigenvalue weighted by molar-refractivity contribution is 9.10. The van der Waals surface area contributed by atoms with Gasteiger partial charge in [-0.3, -0.25) is 14.4 Å². The van der Waals surface area contributed by atoms with E-state index < -0.39 is 30.2 Å². The molecule has 0 saturated heterocycles. The molecular formula is C10H8BrF3N2O3. The van der Waals surface area contributed by atoms with Crippen molar-refractivity contribution in [3.8, 4) is 0 Å². The lowest BCUT2D eigenvalue weighted by molar-refractivity contribution is -0.138. The number of nitrogens with one attached hydrogen (secondary N) is 1.